The number of carbonyl (C=O) groups is 1. The Morgan fingerprint density at radius 3 is 3.06 bits per heavy atom. The molecular formula is C12H16N2OS. The van der Waals surface area contributed by atoms with Crippen LogP contribution in [0.15, 0.2) is 23.6 Å². The van der Waals surface area contributed by atoms with E-state index in [1.807, 2.05) is 23.6 Å². The van der Waals surface area contributed by atoms with Crippen molar-refractivity contribution in [1.29, 1.82) is 0 Å². The van der Waals surface area contributed by atoms with Crippen LogP contribution in [0.5, 0.6) is 0 Å². The van der Waals surface area contributed by atoms with E-state index < -0.39 is 0 Å². The standard InChI is InChI=1S/C12H16N2OS/c13-8-11(9-3-4-9)14-12(15)6-5-10-2-1-7-16-10/h1-2,5-7,9,11H,3-4,8,13H2,(H,14,15). The van der Waals surface area contributed by atoms with E-state index in [4.69, 9.17) is 5.73 Å². The molecule has 0 spiro atoms. The van der Waals surface area contributed by atoms with E-state index in [2.05, 4.69) is 5.32 Å². The lowest BCUT2D eigenvalue weighted by atomic mass is 10.2. The third-order valence-electron chi connectivity index (χ3n) is 2.71. The zero-order chi connectivity index (χ0) is 11.4. The summed E-state index contributed by atoms with van der Waals surface area (Å²) < 4.78 is 0. The van der Waals surface area contributed by atoms with Gasteiger partial charge in [-0.1, -0.05) is 6.07 Å². The monoisotopic (exact) mass is 236 g/mol. The normalized spacial score (nSPS) is 17.6. The summed E-state index contributed by atoms with van der Waals surface area (Å²) in [4.78, 5) is 12.7. The second-order valence-electron chi connectivity index (χ2n) is 4.04. The molecule has 1 aromatic heterocycles. The highest BCUT2D eigenvalue weighted by molar-refractivity contribution is 7.10. The first kappa shape index (κ1) is 11.4. The van der Waals surface area contributed by atoms with Crippen molar-refractivity contribution in [3.63, 3.8) is 0 Å². The molecule has 4 heteroatoms. The van der Waals surface area contributed by atoms with E-state index in [0.717, 1.165) is 4.88 Å². The Hall–Kier alpha value is -1.13. The summed E-state index contributed by atoms with van der Waals surface area (Å²) in [5, 5.41) is 4.94. The number of nitrogens with two attached hydrogens (primary N) is 1. The smallest absolute Gasteiger partial charge is 0.244 e. The molecule has 1 heterocycles. The summed E-state index contributed by atoms with van der Waals surface area (Å²) in [7, 11) is 0. The minimum absolute atomic E-state index is 0.0456. The van der Waals surface area contributed by atoms with E-state index in [0.29, 0.717) is 12.5 Å². The zero-order valence-corrected chi connectivity index (χ0v) is 9.87. The van der Waals surface area contributed by atoms with Crippen LogP contribution < -0.4 is 11.1 Å². The van der Waals surface area contributed by atoms with Gasteiger partial charge in [-0.3, -0.25) is 4.79 Å². The number of nitrogens with one attached hydrogen (secondary N) is 1. The van der Waals surface area contributed by atoms with Crippen LogP contribution >= 0.6 is 11.3 Å². The molecule has 0 radical (unpaired) electrons. The molecule has 1 aliphatic rings. The fourth-order valence-corrected chi connectivity index (χ4v) is 2.26. The number of hydrogen-bond donors (Lipinski definition) is 2. The number of hydrogen-bond acceptors (Lipinski definition) is 3. The van der Waals surface area contributed by atoms with E-state index in [1.165, 1.54) is 12.8 Å². The Balaban J connectivity index is 1.83. The third-order valence-corrected chi connectivity index (χ3v) is 3.55. The molecule has 0 bridgehead atoms. The fourth-order valence-electron chi connectivity index (χ4n) is 1.64. The van der Waals surface area contributed by atoms with Gasteiger partial charge in [-0.05, 0) is 36.3 Å². The summed E-state index contributed by atoms with van der Waals surface area (Å²) >= 11 is 1.62. The summed E-state index contributed by atoms with van der Waals surface area (Å²) in [6.07, 6.45) is 5.80. The molecule has 1 aromatic rings. The molecule has 3 nitrogen and oxygen atoms in total. The van der Waals surface area contributed by atoms with Gasteiger partial charge in [0.25, 0.3) is 0 Å². The van der Waals surface area contributed by atoms with Crippen molar-refractivity contribution in [3.8, 4) is 0 Å². The number of amides is 1. The van der Waals surface area contributed by atoms with Crippen molar-refractivity contribution in [3.05, 3.63) is 28.5 Å². The second-order valence-corrected chi connectivity index (χ2v) is 5.02. The van der Waals surface area contributed by atoms with E-state index >= 15 is 0 Å². The Morgan fingerprint density at radius 1 is 1.69 bits per heavy atom. The first-order chi connectivity index (χ1) is 7.79. The highest BCUT2D eigenvalue weighted by Gasteiger charge is 2.30. The van der Waals surface area contributed by atoms with Crippen LogP contribution in [0.2, 0.25) is 0 Å². The quantitative estimate of drug-likeness (QED) is 0.763. The SMILES string of the molecule is NCC(NC(=O)C=Cc1cccs1)C1CC1. The molecule has 16 heavy (non-hydrogen) atoms. The van der Waals surface area contributed by atoms with Crippen LogP contribution in [0.25, 0.3) is 6.08 Å². The Labute approximate surface area is 99.3 Å². The van der Waals surface area contributed by atoms with Crippen molar-refractivity contribution in [2.75, 3.05) is 6.54 Å². The maximum absolute atomic E-state index is 11.6. The maximum atomic E-state index is 11.6. The Kier molecular flexibility index (Phi) is 3.74. The average molecular weight is 236 g/mol. The van der Waals surface area contributed by atoms with Gasteiger partial charge in [-0.25, -0.2) is 0 Å². The van der Waals surface area contributed by atoms with E-state index in [-0.39, 0.29) is 11.9 Å². The molecule has 1 aliphatic carbocycles. The predicted molar refractivity (Wildman–Crippen MR) is 67.1 cm³/mol. The first-order valence-corrected chi connectivity index (χ1v) is 6.39. The molecule has 1 saturated carbocycles. The zero-order valence-electron chi connectivity index (χ0n) is 9.06. The molecule has 2 rings (SSSR count). The molecule has 1 amide bonds. The van der Waals surface area contributed by atoms with Gasteiger partial charge < -0.3 is 11.1 Å². The van der Waals surface area contributed by atoms with Crippen molar-refractivity contribution < 1.29 is 4.79 Å². The Bertz CT molecular complexity index is 368. The summed E-state index contributed by atoms with van der Waals surface area (Å²) in [6.45, 7) is 0.531. The summed E-state index contributed by atoms with van der Waals surface area (Å²) in [5.74, 6) is 0.555. The van der Waals surface area contributed by atoms with Gasteiger partial charge in [0, 0.05) is 23.5 Å². The van der Waals surface area contributed by atoms with Crippen molar-refractivity contribution in [1.82, 2.24) is 5.32 Å². The number of carbonyl (C=O) groups excluding carboxylic acids is 1. The van der Waals surface area contributed by atoms with Crippen molar-refractivity contribution in [2.24, 2.45) is 11.7 Å². The fraction of sp³-hybridized carbons (Fsp3) is 0.417. The lowest BCUT2D eigenvalue weighted by molar-refractivity contribution is -0.117. The highest BCUT2D eigenvalue weighted by Crippen LogP contribution is 2.32. The molecule has 1 unspecified atom stereocenters. The number of rotatable bonds is 5. The minimum Gasteiger partial charge on any atom is -0.348 e. The summed E-state index contributed by atoms with van der Waals surface area (Å²) in [5.41, 5.74) is 5.62. The van der Waals surface area contributed by atoms with Crippen LogP contribution in [-0.2, 0) is 4.79 Å². The van der Waals surface area contributed by atoms with Gasteiger partial charge in [-0.15, -0.1) is 11.3 Å². The van der Waals surface area contributed by atoms with Crippen LogP contribution in [0.1, 0.15) is 17.7 Å². The molecule has 86 valence electrons. The molecule has 1 atom stereocenters. The molecule has 0 aromatic carbocycles. The molecule has 0 aliphatic heterocycles. The van der Waals surface area contributed by atoms with Gasteiger partial charge in [0.2, 0.25) is 5.91 Å². The third kappa shape index (κ3) is 3.18. The van der Waals surface area contributed by atoms with Gasteiger partial charge in [-0.2, -0.15) is 0 Å². The van der Waals surface area contributed by atoms with Gasteiger partial charge >= 0.3 is 0 Å². The number of thiophene rings is 1. The van der Waals surface area contributed by atoms with Gasteiger partial charge in [0.1, 0.15) is 0 Å². The van der Waals surface area contributed by atoms with Crippen molar-refractivity contribution in [2.45, 2.75) is 18.9 Å². The highest BCUT2D eigenvalue weighted by atomic mass is 32.1. The predicted octanol–water partition coefficient (Wildman–Crippen LogP) is 1.61. The van der Waals surface area contributed by atoms with Gasteiger partial charge in [0.15, 0.2) is 0 Å². The average Bonchev–Trinajstić information content (AvgIpc) is 3.00. The molecule has 0 saturated heterocycles. The molecular weight excluding hydrogens is 220 g/mol. The summed E-state index contributed by atoms with van der Waals surface area (Å²) in [6, 6.07) is 4.10. The lowest BCUT2D eigenvalue weighted by Crippen LogP contribution is -2.40. The van der Waals surface area contributed by atoms with Gasteiger partial charge in [0.05, 0.1) is 0 Å². The van der Waals surface area contributed by atoms with E-state index in [1.54, 1.807) is 17.4 Å². The lowest BCUT2D eigenvalue weighted by Gasteiger charge is -2.14. The maximum Gasteiger partial charge on any atom is 0.244 e. The first-order valence-electron chi connectivity index (χ1n) is 5.51. The van der Waals surface area contributed by atoms with Crippen LogP contribution in [-0.4, -0.2) is 18.5 Å². The van der Waals surface area contributed by atoms with Crippen LogP contribution in [0.4, 0.5) is 0 Å². The molecule has 1 fully saturated rings. The minimum atomic E-state index is -0.0456. The topological polar surface area (TPSA) is 55.1 Å². The Morgan fingerprint density at radius 2 is 2.50 bits per heavy atom. The van der Waals surface area contributed by atoms with E-state index in [9.17, 15) is 4.79 Å². The van der Waals surface area contributed by atoms with Crippen LogP contribution in [0.3, 0.4) is 0 Å². The second kappa shape index (κ2) is 5.27. The van der Waals surface area contributed by atoms with Crippen LogP contribution in [0, 0.1) is 5.92 Å². The molecule has 3 N–H and O–H groups in total. The largest absolute Gasteiger partial charge is 0.348 e. The van der Waals surface area contributed by atoms with Crippen molar-refractivity contribution >= 4 is 23.3 Å².